The Morgan fingerprint density at radius 3 is 2.72 bits per heavy atom. The molecule has 0 radical (unpaired) electrons. The summed E-state index contributed by atoms with van der Waals surface area (Å²) in [6, 6.07) is 0. The Labute approximate surface area is 106 Å². The Morgan fingerprint density at radius 1 is 1.44 bits per heavy atom. The van der Waals surface area contributed by atoms with Crippen molar-refractivity contribution >= 4 is 22.4 Å². The molecule has 0 aliphatic rings. The molecule has 0 aliphatic heterocycles. The number of nitrogens with two attached hydrogens (primary N) is 1. The van der Waals surface area contributed by atoms with Crippen molar-refractivity contribution in [1.29, 1.82) is 0 Å². The van der Waals surface area contributed by atoms with Crippen LogP contribution in [0.25, 0.3) is 0 Å². The zero-order valence-electron chi connectivity index (χ0n) is 9.59. The highest BCUT2D eigenvalue weighted by Gasteiger charge is 2.25. The van der Waals surface area contributed by atoms with Crippen molar-refractivity contribution in [3.05, 3.63) is 11.1 Å². The van der Waals surface area contributed by atoms with Gasteiger partial charge in [0.05, 0.1) is 12.1 Å². The number of hydrogen-bond acceptors (Lipinski definition) is 4. The lowest BCUT2D eigenvalue weighted by molar-refractivity contribution is -0.135. The quantitative estimate of drug-likeness (QED) is 0.785. The smallest absolute Gasteiger partial charge is 0.375 e. The number of halogens is 3. The maximum absolute atomic E-state index is 11.8. The van der Waals surface area contributed by atoms with Crippen LogP contribution in [0.5, 0.6) is 0 Å². The van der Waals surface area contributed by atoms with Gasteiger partial charge in [-0.25, -0.2) is 4.98 Å². The zero-order valence-corrected chi connectivity index (χ0v) is 10.4. The lowest BCUT2D eigenvalue weighted by Gasteiger charge is -2.06. The molecule has 1 heterocycles. The van der Waals surface area contributed by atoms with Gasteiger partial charge in [-0.2, -0.15) is 13.2 Å². The average Bonchev–Trinajstić information content (AvgIpc) is 2.61. The molecule has 1 rings (SSSR count). The third kappa shape index (κ3) is 6.43. The van der Waals surface area contributed by atoms with E-state index in [0.717, 1.165) is 0 Å². The van der Waals surface area contributed by atoms with E-state index in [9.17, 15) is 18.0 Å². The van der Waals surface area contributed by atoms with Gasteiger partial charge in [-0.05, 0) is 12.8 Å². The molecule has 0 unspecified atom stereocenters. The van der Waals surface area contributed by atoms with E-state index in [1.807, 2.05) is 0 Å². The summed E-state index contributed by atoms with van der Waals surface area (Å²) in [6.07, 6.45) is -4.50. The molecule has 0 spiro atoms. The molecule has 18 heavy (non-hydrogen) atoms. The SMILES string of the molecule is Nc1nc(CC(=O)NCCCCC(F)(F)F)cs1. The van der Waals surface area contributed by atoms with Crippen molar-refractivity contribution in [2.45, 2.75) is 31.9 Å². The highest BCUT2D eigenvalue weighted by Crippen LogP contribution is 2.21. The number of alkyl halides is 3. The maximum atomic E-state index is 11.8. The van der Waals surface area contributed by atoms with Crippen LogP contribution in [-0.4, -0.2) is 23.6 Å². The van der Waals surface area contributed by atoms with Gasteiger partial charge >= 0.3 is 6.18 Å². The summed E-state index contributed by atoms with van der Waals surface area (Å²) in [5.41, 5.74) is 5.98. The molecule has 8 heteroatoms. The molecule has 0 fully saturated rings. The molecule has 0 saturated heterocycles. The van der Waals surface area contributed by atoms with Crippen LogP contribution >= 0.6 is 11.3 Å². The molecule has 0 bridgehead atoms. The van der Waals surface area contributed by atoms with Crippen molar-refractivity contribution in [2.24, 2.45) is 0 Å². The number of nitrogen functional groups attached to an aromatic ring is 1. The van der Waals surface area contributed by atoms with Crippen LogP contribution in [0.1, 0.15) is 25.0 Å². The van der Waals surface area contributed by atoms with Crippen molar-refractivity contribution in [2.75, 3.05) is 12.3 Å². The van der Waals surface area contributed by atoms with Crippen molar-refractivity contribution in [3.63, 3.8) is 0 Å². The second-order valence-electron chi connectivity index (χ2n) is 3.78. The van der Waals surface area contributed by atoms with Crippen LogP contribution in [0.15, 0.2) is 5.38 Å². The van der Waals surface area contributed by atoms with Crippen molar-refractivity contribution in [3.8, 4) is 0 Å². The Bertz CT molecular complexity index is 392. The monoisotopic (exact) mass is 281 g/mol. The number of carbonyl (C=O) groups is 1. The first-order valence-corrected chi connectivity index (χ1v) is 6.28. The van der Waals surface area contributed by atoms with Gasteiger partial charge in [0.2, 0.25) is 5.91 Å². The second kappa shape index (κ2) is 6.58. The van der Waals surface area contributed by atoms with E-state index in [1.54, 1.807) is 5.38 Å². The van der Waals surface area contributed by atoms with Crippen molar-refractivity contribution in [1.82, 2.24) is 10.3 Å². The fraction of sp³-hybridized carbons (Fsp3) is 0.600. The van der Waals surface area contributed by atoms with Gasteiger partial charge in [-0.15, -0.1) is 11.3 Å². The summed E-state index contributed by atoms with van der Waals surface area (Å²) < 4.78 is 35.5. The lowest BCUT2D eigenvalue weighted by Crippen LogP contribution is -2.26. The highest BCUT2D eigenvalue weighted by molar-refractivity contribution is 7.13. The molecular weight excluding hydrogens is 267 g/mol. The molecule has 1 aromatic rings. The third-order valence-electron chi connectivity index (χ3n) is 2.12. The van der Waals surface area contributed by atoms with E-state index in [-0.39, 0.29) is 25.3 Å². The molecule has 0 saturated carbocycles. The van der Waals surface area contributed by atoms with E-state index in [1.165, 1.54) is 11.3 Å². The topological polar surface area (TPSA) is 68.0 Å². The Balaban J connectivity index is 2.11. The molecule has 0 aliphatic carbocycles. The number of amides is 1. The number of rotatable bonds is 6. The molecule has 102 valence electrons. The standard InChI is InChI=1S/C10H14F3N3OS/c11-10(12,13)3-1-2-4-15-8(17)5-7-6-18-9(14)16-7/h6H,1-5H2,(H2,14,16)(H,15,17). The van der Waals surface area contributed by atoms with Crippen LogP contribution < -0.4 is 11.1 Å². The first-order chi connectivity index (χ1) is 8.37. The third-order valence-corrected chi connectivity index (χ3v) is 2.84. The van der Waals surface area contributed by atoms with Gasteiger partial charge in [0.1, 0.15) is 0 Å². The van der Waals surface area contributed by atoms with Crippen LogP contribution in [0.3, 0.4) is 0 Å². The maximum Gasteiger partial charge on any atom is 0.389 e. The minimum absolute atomic E-state index is 0.0213. The normalized spacial score (nSPS) is 11.5. The summed E-state index contributed by atoms with van der Waals surface area (Å²) >= 11 is 1.24. The minimum Gasteiger partial charge on any atom is -0.375 e. The van der Waals surface area contributed by atoms with Crippen molar-refractivity contribution < 1.29 is 18.0 Å². The van der Waals surface area contributed by atoms with Gasteiger partial charge in [0, 0.05) is 18.3 Å². The summed E-state index contributed by atoms with van der Waals surface area (Å²) in [4.78, 5) is 15.3. The molecule has 0 aromatic carbocycles. The van der Waals surface area contributed by atoms with E-state index >= 15 is 0 Å². The van der Waals surface area contributed by atoms with Gasteiger partial charge < -0.3 is 11.1 Å². The number of hydrogen-bond donors (Lipinski definition) is 2. The fourth-order valence-electron chi connectivity index (χ4n) is 1.31. The summed E-state index contributed by atoms with van der Waals surface area (Å²) in [6.45, 7) is 0.245. The highest BCUT2D eigenvalue weighted by atomic mass is 32.1. The summed E-state index contributed by atoms with van der Waals surface area (Å²) in [5.74, 6) is -0.257. The zero-order chi connectivity index (χ0) is 13.6. The van der Waals surface area contributed by atoms with Crippen LogP contribution in [0.2, 0.25) is 0 Å². The molecular formula is C10H14F3N3OS. The van der Waals surface area contributed by atoms with Gasteiger partial charge in [-0.3, -0.25) is 4.79 Å². The average molecular weight is 281 g/mol. The number of nitrogens with one attached hydrogen (secondary N) is 1. The summed E-state index contributed by atoms with van der Waals surface area (Å²) in [7, 11) is 0. The second-order valence-corrected chi connectivity index (χ2v) is 4.67. The number of unbranched alkanes of at least 4 members (excludes halogenated alkanes) is 1. The largest absolute Gasteiger partial charge is 0.389 e. The molecule has 0 atom stereocenters. The van der Waals surface area contributed by atoms with Gasteiger partial charge in [0.15, 0.2) is 5.13 Å². The first-order valence-electron chi connectivity index (χ1n) is 5.40. The number of anilines is 1. The van der Waals surface area contributed by atoms with Gasteiger partial charge in [0.25, 0.3) is 0 Å². The molecule has 4 nitrogen and oxygen atoms in total. The van der Waals surface area contributed by atoms with E-state index < -0.39 is 12.6 Å². The minimum atomic E-state index is -4.12. The Kier molecular flexibility index (Phi) is 5.39. The van der Waals surface area contributed by atoms with Gasteiger partial charge in [-0.1, -0.05) is 0 Å². The Morgan fingerprint density at radius 2 is 2.17 bits per heavy atom. The van der Waals surface area contributed by atoms with E-state index in [2.05, 4.69) is 10.3 Å². The van der Waals surface area contributed by atoms with E-state index in [4.69, 9.17) is 5.73 Å². The van der Waals surface area contributed by atoms with Crippen LogP contribution in [0, 0.1) is 0 Å². The predicted octanol–water partition coefficient (Wildman–Crippen LogP) is 2.12. The molecule has 3 N–H and O–H groups in total. The summed E-state index contributed by atoms with van der Waals surface area (Å²) in [5, 5.41) is 4.61. The lowest BCUT2D eigenvalue weighted by atomic mass is 10.2. The fourth-order valence-corrected chi connectivity index (χ4v) is 1.87. The molecule has 1 aromatic heterocycles. The van der Waals surface area contributed by atoms with Crippen LogP contribution in [-0.2, 0) is 11.2 Å². The number of thiazole rings is 1. The predicted molar refractivity (Wildman–Crippen MR) is 63.1 cm³/mol. The molecule has 1 amide bonds. The Hall–Kier alpha value is -1.31. The first kappa shape index (κ1) is 14.7. The number of nitrogens with zero attached hydrogens (tertiary/aromatic N) is 1. The van der Waals surface area contributed by atoms with Crippen LogP contribution in [0.4, 0.5) is 18.3 Å². The number of carbonyl (C=O) groups excluding carboxylic acids is 1. The van der Waals surface area contributed by atoms with E-state index in [0.29, 0.717) is 17.2 Å². The number of aromatic nitrogens is 1.